The summed E-state index contributed by atoms with van der Waals surface area (Å²) >= 11 is 0. The Morgan fingerprint density at radius 1 is 0.871 bits per heavy atom. The summed E-state index contributed by atoms with van der Waals surface area (Å²) in [5.74, 6) is -0.207. The predicted molar refractivity (Wildman–Crippen MR) is 115 cm³/mol. The number of ether oxygens (including phenoxy) is 4. The van der Waals surface area contributed by atoms with Gasteiger partial charge in [-0.1, -0.05) is 66.7 Å². The van der Waals surface area contributed by atoms with E-state index in [1.165, 1.54) is 0 Å². The largest absolute Gasteiger partial charge is 0.384 e. The molecule has 1 saturated heterocycles. The molecule has 0 spiro atoms. The lowest BCUT2D eigenvalue weighted by Crippen LogP contribution is -2.54. The summed E-state index contributed by atoms with van der Waals surface area (Å²) < 4.78 is 24.3. The first kappa shape index (κ1) is 20.6. The Labute approximate surface area is 183 Å². The molecular formula is C26H28O5. The summed E-state index contributed by atoms with van der Waals surface area (Å²) in [6.07, 6.45) is 3.18. The lowest BCUT2D eigenvalue weighted by Gasteiger charge is -2.43. The Kier molecular flexibility index (Phi) is 6.01. The Bertz CT molecular complexity index is 912. The van der Waals surface area contributed by atoms with Crippen LogP contribution in [0.25, 0.3) is 0 Å². The molecule has 31 heavy (non-hydrogen) atoms. The average Bonchev–Trinajstić information content (AvgIpc) is 3.60. The quantitative estimate of drug-likeness (QED) is 0.611. The molecule has 5 rings (SSSR count). The van der Waals surface area contributed by atoms with E-state index in [0.29, 0.717) is 19.8 Å². The summed E-state index contributed by atoms with van der Waals surface area (Å²) in [4.78, 5) is 13.1. The van der Waals surface area contributed by atoms with Crippen LogP contribution in [0.4, 0.5) is 0 Å². The fourth-order valence-corrected chi connectivity index (χ4v) is 5.15. The maximum Gasteiger partial charge on any atom is 0.161 e. The molecule has 0 bridgehead atoms. The van der Waals surface area contributed by atoms with E-state index in [0.717, 1.165) is 11.1 Å². The van der Waals surface area contributed by atoms with Crippen LogP contribution in [0.5, 0.6) is 0 Å². The number of hydrogen-bond donors (Lipinski definition) is 0. The van der Waals surface area contributed by atoms with Gasteiger partial charge in [-0.15, -0.1) is 0 Å². The number of methoxy groups -OCH3 is 1. The van der Waals surface area contributed by atoms with Crippen molar-refractivity contribution in [1.82, 2.24) is 0 Å². The zero-order valence-electron chi connectivity index (χ0n) is 17.6. The van der Waals surface area contributed by atoms with Gasteiger partial charge < -0.3 is 18.9 Å². The van der Waals surface area contributed by atoms with Gasteiger partial charge in [-0.25, -0.2) is 0 Å². The summed E-state index contributed by atoms with van der Waals surface area (Å²) in [7, 11) is 1.69. The number of epoxide rings is 1. The molecule has 5 nitrogen and oxygen atoms in total. The summed E-state index contributed by atoms with van der Waals surface area (Å²) in [5, 5.41) is 0. The molecule has 0 unspecified atom stereocenters. The van der Waals surface area contributed by atoms with Crippen molar-refractivity contribution in [3.8, 4) is 0 Å². The van der Waals surface area contributed by atoms with Crippen molar-refractivity contribution in [2.24, 2.45) is 17.8 Å². The summed E-state index contributed by atoms with van der Waals surface area (Å²) in [6, 6.07) is 20.2. The second-order valence-corrected chi connectivity index (χ2v) is 8.57. The second kappa shape index (κ2) is 9.05. The van der Waals surface area contributed by atoms with E-state index in [4.69, 9.17) is 18.9 Å². The van der Waals surface area contributed by atoms with Crippen LogP contribution in [-0.4, -0.2) is 43.9 Å². The average molecular weight is 421 g/mol. The van der Waals surface area contributed by atoms with E-state index in [1.807, 2.05) is 66.7 Å². The van der Waals surface area contributed by atoms with Crippen LogP contribution in [-0.2, 0) is 37.0 Å². The topological polar surface area (TPSA) is 57.3 Å². The third-order valence-electron chi connectivity index (χ3n) is 6.64. The number of carbonyl (C=O) groups is 1. The van der Waals surface area contributed by atoms with Crippen molar-refractivity contribution in [3.05, 3.63) is 83.9 Å². The van der Waals surface area contributed by atoms with Crippen LogP contribution < -0.4 is 0 Å². The van der Waals surface area contributed by atoms with E-state index in [9.17, 15) is 4.79 Å². The van der Waals surface area contributed by atoms with Gasteiger partial charge in [0, 0.05) is 18.9 Å². The molecule has 2 fully saturated rings. The number of benzene rings is 2. The van der Waals surface area contributed by atoms with Crippen molar-refractivity contribution in [3.63, 3.8) is 0 Å². The van der Waals surface area contributed by atoms with Crippen LogP contribution in [0.1, 0.15) is 11.1 Å². The van der Waals surface area contributed by atoms with Gasteiger partial charge in [0.25, 0.3) is 0 Å². The molecule has 1 aliphatic heterocycles. The van der Waals surface area contributed by atoms with E-state index in [2.05, 4.69) is 0 Å². The lowest BCUT2D eigenvalue weighted by atomic mass is 9.66. The minimum absolute atomic E-state index is 0.0106. The smallest absolute Gasteiger partial charge is 0.161 e. The van der Waals surface area contributed by atoms with E-state index in [-0.39, 0.29) is 48.0 Å². The van der Waals surface area contributed by atoms with Crippen LogP contribution in [0.3, 0.4) is 0 Å². The summed E-state index contributed by atoms with van der Waals surface area (Å²) in [5.41, 5.74) is 2.20. The minimum Gasteiger partial charge on any atom is -0.384 e. The molecule has 0 amide bonds. The zero-order valence-corrected chi connectivity index (χ0v) is 17.6. The first-order chi connectivity index (χ1) is 15.3. The molecule has 3 aliphatic rings. The van der Waals surface area contributed by atoms with Crippen molar-refractivity contribution in [2.75, 3.05) is 13.7 Å². The molecule has 5 heteroatoms. The lowest BCUT2D eigenvalue weighted by molar-refractivity contribution is -0.144. The van der Waals surface area contributed by atoms with Crippen molar-refractivity contribution < 1.29 is 23.7 Å². The number of carbonyl (C=O) groups excluding carboxylic acids is 1. The van der Waals surface area contributed by atoms with Crippen LogP contribution in [0.15, 0.2) is 72.8 Å². The monoisotopic (exact) mass is 420 g/mol. The molecule has 2 aromatic carbocycles. The fourth-order valence-electron chi connectivity index (χ4n) is 5.15. The fraction of sp³-hybridized carbons (Fsp3) is 0.423. The number of allylic oxidation sites excluding steroid dienone is 1. The number of ketones is 1. The van der Waals surface area contributed by atoms with E-state index >= 15 is 0 Å². The second-order valence-electron chi connectivity index (χ2n) is 8.57. The third-order valence-corrected chi connectivity index (χ3v) is 6.64. The SMILES string of the molecule is COC[C@H]1[C@H]2O[C@H]2[C@H]2[C@H](C(=O)C=C[C@H]2OCc2ccccc2)[C@H]1OCc1ccccc1. The third kappa shape index (κ3) is 4.23. The standard InChI is InChI=1S/C26H28O5/c1-28-16-19-24(30-15-18-10-6-3-7-11-18)22-20(27)12-13-21(23(22)26-25(19)31-26)29-14-17-8-4-2-5-9-17/h2-13,19,21-26H,14-16H2,1H3/t19-,21-,22+,23-,24+,25-,26+/m1/s1. The van der Waals surface area contributed by atoms with Gasteiger partial charge in [-0.3, -0.25) is 4.79 Å². The Morgan fingerprint density at radius 3 is 2.16 bits per heavy atom. The molecule has 0 radical (unpaired) electrons. The molecule has 2 aliphatic carbocycles. The number of hydrogen-bond acceptors (Lipinski definition) is 5. The highest BCUT2D eigenvalue weighted by Gasteiger charge is 2.64. The Morgan fingerprint density at radius 2 is 1.52 bits per heavy atom. The van der Waals surface area contributed by atoms with Crippen molar-refractivity contribution in [2.45, 2.75) is 37.6 Å². The highest BCUT2D eigenvalue weighted by molar-refractivity contribution is 5.94. The van der Waals surface area contributed by atoms with Gasteiger partial charge in [0.15, 0.2) is 5.78 Å². The molecule has 1 heterocycles. The zero-order chi connectivity index (χ0) is 21.2. The van der Waals surface area contributed by atoms with Gasteiger partial charge in [-0.05, 0) is 17.2 Å². The van der Waals surface area contributed by atoms with Crippen molar-refractivity contribution in [1.29, 1.82) is 0 Å². The van der Waals surface area contributed by atoms with Gasteiger partial charge >= 0.3 is 0 Å². The molecule has 0 aromatic heterocycles. The first-order valence-electron chi connectivity index (χ1n) is 10.9. The van der Waals surface area contributed by atoms with E-state index < -0.39 is 0 Å². The molecule has 0 N–H and O–H groups in total. The normalized spacial score (nSPS) is 33.6. The highest BCUT2D eigenvalue weighted by Crippen LogP contribution is 2.52. The van der Waals surface area contributed by atoms with Crippen LogP contribution >= 0.6 is 0 Å². The van der Waals surface area contributed by atoms with Gasteiger partial charge in [0.2, 0.25) is 0 Å². The Hall–Kier alpha value is -2.31. The minimum atomic E-state index is -0.293. The van der Waals surface area contributed by atoms with Gasteiger partial charge in [0.1, 0.15) is 0 Å². The van der Waals surface area contributed by atoms with Gasteiger partial charge in [-0.2, -0.15) is 0 Å². The molecule has 7 atom stereocenters. The van der Waals surface area contributed by atoms with Crippen LogP contribution in [0, 0.1) is 17.8 Å². The van der Waals surface area contributed by atoms with Crippen molar-refractivity contribution >= 4 is 5.78 Å². The van der Waals surface area contributed by atoms with E-state index in [1.54, 1.807) is 13.2 Å². The Balaban J connectivity index is 1.36. The predicted octanol–water partition coefficient (Wildman–Crippen LogP) is 3.57. The maximum absolute atomic E-state index is 13.1. The summed E-state index contributed by atoms with van der Waals surface area (Å²) in [6.45, 7) is 1.47. The molecule has 2 aromatic rings. The maximum atomic E-state index is 13.1. The first-order valence-corrected chi connectivity index (χ1v) is 10.9. The van der Waals surface area contributed by atoms with Gasteiger partial charge in [0.05, 0.1) is 50.2 Å². The highest BCUT2D eigenvalue weighted by atomic mass is 16.6. The number of fused-ring (bicyclic) bond motifs is 3. The molecular weight excluding hydrogens is 392 g/mol. The molecule has 1 saturated carbocycles. The van der Waals surface area contributed by atoms with Crippen LogP contribution in [0.2, 0.25) is 0 Å². The molecule has 162 valence electrons. The number of rotatable bonds is 8.